The molecule has 1 fully saturated rings. The number of pyridine rings is 1. The maximum atomic E-state index is 5.88. The van der Waals surface area contributed by atoms with Gasteiger partial charge in [-0.15, -0.1) is 0 Å². The summed E-state index contributed by atoms with van der Waals surface area (Å²) in [7, 11) is 0. The number of anilines is 1. The van der Waals surface area contributed by atoms with Crippen LogP contribution in [-0.4, -0.2) is 35.3 Å². The van der Waals surface area contributed by atoms with Crippen molar-refractivity contribution in [1.29, 1.82) is 0 Å². The highest BCUT2D eigenvalue weighted by atomic mass is 32.1. The number of morpholine rings is 1. The Balaban J connectivity index is 2.44. The predicted octanol–water partition coefficient (Wildman–Crippen LogP) is 2.03. The Hall–Kier alpha value is -1.20. The van der Waals surface area contributed by atoms with Gasteiger partial charge in [0, 0.05) is 12.7 Å². The number of aromatic nitrogens is 1. The molecule has 1 aromatic heterocycles. The first-order valence-corrected chi connectivity index (χ1v) is 7.09. The molecule has 0 aromatic carbocycles. The number of nitrogens with zero attached hydrogens (tertiary/aromatic N) is 2. The maximum absolute atomic E-state index is 5.88. The summed E-state index contributed by atoms with van der Waals surface area (Å²) in [6.07, 6.45) is 3.03. The van der Waals surface area contributed by atoms with Crippen LogP contribution in [0.5, 0.6) is 0 Å². The normalized spacial score (nSPS) is 23.4. The summed E-state index contributed by atoms with van der Waals surface area (Å²) >= 11 is 5.19. The van der Waals surface area contributed by atoms with E-state index in [9.17, 15) is 0 Å². The first kappa shape index (κ1) is 14.2. The number of ether oxygens (including phenoxy) is 1. The molecular formula is C14H21N3OS. The van der Waals surface area contributed by atoms with E-state index in [1.165, 1.54) is 0 Å². The number of nitrogens with two attached hydrogens (primary N) is 1. The van der Waals surface area contributed by atoms with Gasteiger partial charge in [-0.25, -0.2) is 4.98 Å². The van der Waals surface area contributed by atoms with Gasteiger partial charge in [-0.05, 0) is 31.9 Å². The number of thiocarbonyl (C=S) groups is 1. The van der Waals surface area contributed by atoms with Crippen molar-refractivity contribution in [1.82, 2.24) is 4.98 Å². The molecule has 104 valence electrons. The Morgan fingerprint density at radius 2 is 2.37 bits per heavy atom. The molecule has 0 radical (unpaired) electrons. The van der Waals surface area contributed by atoms with Crippen LogP contribution in [0.1, 0.15) is 31.4 Å². The van der Waals surface area contributed by atoms with Gasteiger partial charge >= 0.3 is 0 Å². The molecule has 2 rings (SSSR count). The first-order valence-electron chi connectivity index (χ1n) is 6.68. The van der Waals surface area contributed by atoms with E-state index in [0.29, 0.717) is 11.0 Å². The van der Waals surface area contributed by atoms with Crippen molar-refractivity contribution in [2.75, 3.05) is 18.1 Å². The summed E-state index contributed by atoms with van der Waals surface area (Å²) in [5, 5.41) is 0. The Morgan fingerprint density at radius 1 is 1.63 bits per heavy atom. The molecule has 4 nitrogen and oxygen atoms in total. The summed E-state index contributed by atoms with van der Waals surface area (Å²) in [6, 6.07) is 2.28. The van der Waals surface area contributed by atoms with E-state index >= 15 is 0 Å². The zero-order valence-corrected chi connectivity index (χ0v) is 12.5. The van der Waals surface area contributed by atoms with E-state index in [0.717, 1.165) is 36.5 Å². The molecule has 2 N–H and O–H groups in total. The maximum Gasteiger partial charge on any atom is 0.139 e. The molecule has 2 heterocycles. The quantitative estimate of drug-likeness (QED) is 0.858. The highest BCUT2D eigenvalue weighted by Crippen LogP contribution is 2.26. The minimum absolute atomic E-state index is 0.198. The fraction of sp³-hybridized carbons (Fsp3) is 0.571. The Kier molecular flexibility index (Phi) is 4.37. The second-order valence-corrected chi connectivity index (χ2v) is 5.49. The molecule has 0 spiro atoms. The molecule has 0 saturated carbocycles. The van der Waals surface area contributed by atoms with Crippen molar-refractivity contribution in [2.24, 2.45) is 5.73 Å². The SMILES string of the molecule is CCC1COC(C)CN1c1nccc(C)c1C(N)=S. The van der Waals surface area contributed by atoms with Gasteiger partial charge < -0.3 is 15.4 Å². The van der Waals surface area contributed by atoms with Gasteiger partial charge in [0.05, 0.1) is 24.3 Å². The highest BCUT2D eigenvalue weighted by molar-refractivity contribution is 7.80. The van der Waals surface area contributed by atoms with Crippen molar-refractivity contribution in [3.63, 3.8) is 0 Å². The third-order valence-corrected chi connectivity index (χ3v) is 3.80. The van der Waals surface area contributed by atoms with Crippen molar-refractivity contribution < 1.29 is 4.74 Å². The minimum atomic E-state index is 0.198. The van der Waals surface area contributed by atoms with Crippen LogP contribution in [0.25, 0.3) is 0 Å². The number of hydrogen-bond donors (Lipinski definition) is 1. The van der Waals surface area contributed by atoms with Gasteiger partial charge in [-0.3, -0.25) is 0 Å². The van der Waals surface area contributed by atoms with Crippen LogP contribution < -0.4 is 10.6 Å². The number of aryl methyl sites for hydroxylation is 1. The van der Waals surface area contributed by atoms with Crippen LogP contribution >= 0.6 is 12.2 Å². The lowest BCUT2D eigenvalue weighted by Gasteiger charge is -2.40. The molecular weight excluding hydrogens is 258 g/mol. The topological polar surface area (TPSA) is 51.4 Å². The molecule has 2 atom stereocenters. The van der Waals surface area contributed by atoms with E-state index in [-0.39, 0.29) is 6.10 Å². The lowest BCUT2D eigenvalue weighted by atomic mass is 10.1. The van der Waals surface area contributed by atoms with E-state index in [2.05, 4.69) is 23.7 Å². The molecule has 1 aromatic rings. The highest BCUT2D eigenvalue weighted by Gasteiger charge is 2.29. The molecule has 0 amide bonds. The third kappa shape index (κ3) is 2.87. The molecule has 0 aliphatic carbocycles. The van der Waals surface area contributed by atoms with Crippen LogP contribution in [0, 0.1) is 6.92 Å². The van der Waals surface area contributed by atoms with Crippen LogP contribution in [-0.2, 0) is 4.74 Å². The molecule has 1 aliphatic rings. The van der Waals surface area contributed by atoms with Gasteiger partial charge in [-0.1, -0.05) is 19.1 Å². The largest absolute Gasteiger partial charge is 0.389 e. The van der Waals surface area contributed by atoms with Crippen molar-refractivity contribution in [2.45, 2.75) is 39.3 Å². The van der Waals surface area contributed by atoms with E-state index in [4.69, 9.17) is 22.7 Å². The lowest BCUT2D eigenvalue weighted by Crippen LogP contribution is -2.49. The van der Waals surface area contributed by atoms with Crippen molar-refractivity contribution in [3.8, 4) is 0 Å². The Bertz CT molecular complexity index is 478. The summed E-state index contributed by atoms with van der Waals surface area (Å²) in [5.74, 6) is 0.898. The molecule has 5 heteroatoms. The van der Waals surface area contributed by atoms with Gasteiger partial charge in [0.1, 0.15) is 10.8 Å². The fourth-order valence-electron chi connectivity index (χ4n) is 2.51. The van der Waals surface area contributed by atoms with Crippen LogP contribution in [0.3, 0.4) is 0 Å². The molecule has 1 saturated heterocycles. The standard InChI is InChI=1S/C14H21N3OS/c1-4-11-8-18-10(3)7-17(11)14-12(13(15)19)9(2)5-6-16-14/h5-6,10-11H,4,7-8H2,1-3H3,(H2,15,19). The van der Waals surface area contributed by atoms with Gasteiger partial charge in [0.15, 0.2) is 0 Å². The van der Waals surface area contributed by atoms with Gasteiger partial charge in [-0.2, -0.15) is 0 Å². The second kappa shape index (κ2) is 5.84. The van der Waals surface area contributed by atoms with Crippen LogP contribution in [0.4, 0.5) is 5.82 Å². The zero-order valence-electron chi connectivity index (χ0n) is 11.7. The average molecular weight is 279 g/mol. The van der Waals surface area contributed by atoms with Crippen molar-refractivity contribution >= 4 is 23.0 Å². The Morgan fingerprint density at radius 3 is 3.00 bits per heavy atom. The summed E-state index contributed by atoms with van der Waals surface area (Å²) in [5.41, 5.74) is 7.85. The third-order valence-electron chi connectivity index (χ3n) is 3.60. The summed E-state index contributed by atoms with van der Waals surface area (Å²) < 4.78 is 5.73. The zero-order chi connectivity index (χ0) is 14.0. The average Bonchev–Trinajstić information content (AvgIpc) is 2.37. The van der Waals surface area contributed by atoms with E-state index in [1.807, 2.05) is 19.2 Å². The van der Waals surface area contributed by atoms with E-state index < -0.39 is 0 Å². The predicted molar refractivity (Wildman–Crippen MR) is 81.7 cm³/mol. The first-order chi connectivity index (χ1) is 9.04. The van der Waals surface area contributed by atoms with Gasteiger partial charge in [0.2, 0.25) is 0 Å². The second-order valence-electron chi connectivity index (χ2n) is 5.05. The molecule has 2 unspecified atom stereocenters. The minimum Gasteiger partial charge on any atom is -0.389 e. The number of hydrogen-bond acceptors (Lipinski definition) is 4. The monoisotopic (exact) mass is 279 g/mol. The molecule has 19 heavy (non-hydrogen) atoms. The summed E-state index contributed by atoms with van der Waals surface area (Å²) in [4.78, 5) is 7.22. The molecule has 0 bridgehead atoms. The van der Waals surface area contributed by atoms with Crippen LogP contribution in [0.2, 0.25) is 0 Å². The fourth-order valence-corrected chi connectivity index (χ4v) is 2.76. The lowest BCUT2D eigenvalue weighted by molar-refractivity contribution is 0.0296. The Labute approximate surface area is 120 Å². The molecule has 1 aliphatic heterocycles. The smallest absolute Gasteiger partial charge is 0.139 e. The van der Waals surface area contributed by atoms with Crippen LogP contribution in [0.15, 0.2) is 12.3 Å². The summed E-state index contributed by atoms with van der Waals surface area (Å²) in [6.45, 7) is 7.81. The van der Waals surface area contributed by atoms with Crippen molar-refractivity contribution in [3.05, 3.63) is 23.4 Å². The number of rotatable bonds is 3. The van der Waals surface area contributed by atoms with Gasteiger partial charge in [0.25, 0.3) is 0 Å². The van der Waals surface area contributed by atoms with E-state index in [1.54, 1.807) is 0 Å².